The Morgan fingerprint density at radius 1 is 1.45 bits per heavy atom. The van der Waals surface area contributed by atoms with Crippen molar-refractivity contribution in [3.05, 3.63) is 45.8 Å². The molecule has 0 saturated carbocycles. The first-order valence-electron chi connectivity index (χ1n) is 7.47. The molecule has 0 saturated heterocycles. The second-order valence-electron chi connectivity index (χ2n) is 4.60. The molecule has 1 unspecified atom stereocenters. The number of terminal acetylenes is 1. The lowest BCUT2D eigenvalue weighted by Crippen LogP contribution is -2.25. The number of thioether (sulfide) groups is 1. The van der Waals surface area contributed by atoms with Gasteiger partial charge >= 0.3 is 0 Å². The third-order valence-corrected chi connectivity index (χ3v) is 4.23. The van der Waals surface area contributed by atoms with Crippen molar-refractivity contribution in [1.29, 1.82) is 0 Å². The van der Waals surface area contributed by atoms with Gasteiger partial charge in [-0.2, -0.15) is 11.8 Å². The van der Waals surface area contributed by atoms with E-state index in [0.717, 1.165) is 28.0 Å². The summed E-state index contributed by atoms with van der Waals surface area (Å²) in [4.78, 5) is 11.5. The van der Waals surface area contributed by atoms with Gasteiger partial charge in [-0.05, 0) is 48.6 Å². The smallest absolute Gasteiger partial charge is 0.143 e. The number of ketones is 1. The molecule has 0 fully saturated rings. The van der Waals surface area contributed by atoms with Crippen LogP contribution in [0.5, 0.6) is 0 Å². The fourth-order valence-electron chi connectivity index (χ4n) is 1.89. The van der Waals surface area contributed by atoms with E-state index < -0.39 is 0 Å². The summed E-state index contributed by atoms with van der Waals surface area (Å²) in [5.74, 6) is 2.84. The lowest BCUT2D eigenvalue weighted by atomic mass is 10.0. The van der Waals surface area contributed by atoms with Gasteiger partial charge in [-0.25, -0.2) is 0 Å². The monoisotopic (exact) mass is 314 g/mol. The van der Waals surface area contributed by atoms with E-state index in [4.69, 9.17) is 6.42 Å². The Hall–Kier alpha value is -1.72. The van der Waals surface area contributed by atoms with E-state index in [1.54, 1.807) is 18.7 Å². The van der Waals surface area contributed by atoms with E-state index in [1.807, 2.05) is 51.3 Å². The van der Waals surface area contributed by atoms with Gasteiger partial charge in [-0.15, -0.1) is 6.42 Å². The summed E-state index contributed by atoms with van der Waals surface area (Å²) in [5, 5.41) is 1.95. The van der Waals surface area contributed by atoms with Crippen LogP contribution in [-0.2, 0) is 11.2 Å². The van der Waals surface area contributed by atoms with Crippen molar-refractivity contribution in [3.63, 3.8) is 0 Å². The van der Waals surface area contributed by atoms with Crippen molar-refractivity contribution in [3.8, 4) is 12.3 Å². The summed E-state index contributed by atoms with van der Waals surface area (Å²) in [6.45, 7) is 11.6. The molecule has 0 aromatic heterocycles. The molecular formula is C20H26OS. The van der Waals surface area contributed by atoms with Crippen LogP contribution in [0.25, 0.3) is 12.7 Å². The quantitative estimate of drug-likeness (QED) is 0.775. The number of carbonyl (C=O) groups is 1. The fraction of sp³-hybridized carbons (Fsp3) is 0.350. The van der Waals surface area contributed by atoms with Crippen LogP contribution in [0.3, 0.4) is 0 Å². The second kappa shape index (κ2) is 10.9. The van der Waals surface area contributed by atoms with Gasteiger partial charge in [-0.3, -0.25) is 4.79 Å². The van der Waals surface area contributed by atoms with Crippen LogP contribution in [0.4, 0.5) is 0 Å². The molecule has 0 heterocycles. The molecule has 0 N–H and O–H groups in total. The largest absolute Gasteiger partial charge is 0.299 e. The molecule has 1 aromatic carbocycles. The molecule has 0 aliphatic carbocycles. The second-order valence-corrected chi connectivity index (χ2v) is 5.65. The zero-order valence-corrected chi connectivity index (χ0v) is 15.1. The number of rotatable bonds is 5. The third-order valence-electron chi connectivity index (χ3n) is 3.16. The number of allylic oxidation sites excluding steroid dienone is 2. The molecule has 1 aromatic rings. The normalized spacial score (nSPS) is 12.9. The molecule has 1 nitrogen and oxygen atoms in total. The summed E-state index contributed by atoms with van der Waals surface area (Å²) < 4.78 is 0. The summed E-state index contributed by atoms with van der Waals surface area (Å²) >= 11 is 1.59. The van der Waals surface area contributed by atoms with E-state index in [-0.39, 0.29) is 11.0 Å². The molecule has 0 aliphatic heterocycles. The van der Waals surface area contributed by atoms with Gasteiger partial charge in [0.2, 0.25) is 0 Å². The number of hydrogen-bond acceptors (Lipinski definition) is 2. The predicted molar refractivity (Wildman–Crippen MR) is 101 cm³/mol. The number of hydrogen-bond donors (Lipinski definition) is 0. The Morgan fingerprint density at radius 2 is 2.09 bits per heavy atom. The van der Waals surface area contributed by atoms with Gasteiger partial charge < -0.3 is 0 Å². The van der Waals surface area contributed by atoms with Crippen molar-refractivity contribution in [2.75, 3.05) is 6.26 Å². The average molecular weight is 314 g/mol. The molecular weight excluding hydrogens is 288 g/mol. The topological polar surface area (TPSA) is 17.1 Å². The minimum absolute atomic E-state index is 0.00679. The standard InChI is InChI=1S/C18H20OS.C2H6/c1-6-15(7-2)10-17-11-16(9-8-13(17)3)12-18(20-5)14(4)19;1-2/h1,7-11,18H,3,12H2,2,4-5H3;1-2H3/b15-7-,17-10-;. The van der Waals surface area contributed by atoms with E-state index >= 15 is 0 Å². The maximum atomic E-state index is 11.5. The third kappa shape index (κ3) is 6.37. The Morgan fingerprint density at radius 3 is 2.55 bits per heavy atom. The van der Waals surface area contributed by atoms with Crippen molar-refractivity contribution in [1.82, 2.24) is 0 Å². The molecule has 0 amide bonds. The Labute approximate surface area is 139 Å². The van der Waals surface area contributed by atoms with Gasteiger partial charge in [0, 0.05) is 5.57 Å². The van der Waals surface area contributed by atoms with Crippen LogP contribution in [0.15, 0.2) is 29.8 Å². The summed E-state index contributed by atoms with van der Waals surface area (Å²) in [6.07, 6.45) is 12.0. The van der Waals surface area contributed by atoms with Crippen molar-refractivity contribution < 1.29 is 4.79 Å². The molecule has 118 valence electrons. The average Bonchev–Trinajstić information content (AvgIpc) is 2.54. The van der Waals surface area contributed by atoms with Crippen LogP contribution < -0.4 is 10.4 Å². The molecule has 1 rings (SSSR count). The van der Waals surface area contributed by atoms with E-state index in [2.05, 4.69) is 18.6 Å². The van der Waals surface area contributed by atoms with Crippen LogP contribution >= 0.6 is 11.8 Å². The highest BCUT2D eigenvalue weighted by Crippen LogP contribution is 2.13. The highest BCUT2D eigenvalue weighted by Gasteiger charge is 2.12. The summed E-state index contributed by atoms with van der Waals surface area (Å²) in [6, 6.07) is 6.06. The van der Waals surface area contributed by atoms with Gasteiger partial charge in [0.25, 0.3) is 0 Å². The van der Waals surface area contributed by atoms with Crippen LogP contribution in [0.2, 0.25) is 0 Å². The minimum atomic E-state index is 0.00679. The Kier molecular flexibility index (Phi) is 10.1. The van der Waals surface area contributed by atoms with Gasteiger partial charge in [0.1, 0.15) is 5.78 Å². The number of benzene rings is 1. The first-order valence-corrected chi connectivity index (χ1v) is 8.76. The predicted octanol–water partition coefficient (Wildman–Crippen LogP) is 3.35. The lowest BCUT2D eigenvalue weighted by molar-refractivity contribution is -0.116. The fourth-order valence-corrected chi connectivity index (χ4v) is 2.58. The molecule has 0 radical (unpaired) electrons. The zero-order chi connectivity index (χ0) is 17.1. The van der Waals surface area contributed by atoms with Crippen LogP contribution in [0, 0.1) is 12.3 Å². The molecule has 0 aliphatic rings. The minimum Gasteiger partial charge on any atom is -0.299 e. The van der Waals surface area contributed by atoms with Crippen LogP contribution in [0.1, 0.15) is 33.3 Å². The zero-order valence-electron chi connectivity index (χ0n) is 14.3. The Bertz CT molecular complexity index is 662. The molecule has 0 bridgehead atoms. The highest BCUT2D eigenvalue weighted by molar-refractivity contribution is 7.99. The maximum absolute atomic E-state index is 11.5. The highest BCUT2D eigenvalue weighted by atomic mass is 32.2. The van der Waals surface area contributed by atoms with E-state index in [1.165, 1.54) is 0 Å². The van der Waals surface area contributed by atoms with E-state index in [9.17, 15) is 4.79 Å². The van der Waals surface area contributed by atoms with E-state index in [0.29, 0.717) is 0 Å². The lowest BCUT2D eigenvalue weighted by Gasteiger charge is -2.10. The summed E-state index contributed by atoms with van der Waals surface area (Å²) in [7, 11) is 0. The number of Topliss-reactive ketones (excluding diaryl/α,β-unsaturated/α-hetero) is 1. The Balaban J connectivity index is 0.00000211. The number of carbonyl (C=O) groups excluding carboxylic acids is 1. The molecule has 2 heteroatoms. The maximum Gasteiger partial charge on any atom is 0.143 e. The first-order chi connectivity index (χ1) is 10.5. The van der Waals surface area contributed by atoms with Crippen LogP contribution in [-0.4, -0.2) is 17.3 Å². The first kappa shape index (κ1) is 20.3. The van der Waals surface area contributed by atoms with Gasteiger partial charge in [-0.1, -0.05) is 50.6 Å². The summed E-state index contributed by atoms with van der Waals surface area (Å²) in [5.41, 5.74) is 1.96. The SMILES string of the molecule is C#CC(/C=c1/cc(CC(SC)C(C)=O)ccc1=C)=C/C.CC. The molecule has 22 heavy (non-hydrogen) atoms. The van der Waals surface area contributed by atoms with Crippen molar-refractivity contribution in [2.45, 2.75) is 39.4 Å². The van der Waals surface area contributed by atoms with Crippen molar-refractivity contribution >= 4 is 30.2 Å². The van der Waals surface area contributed by atoms with Gasteiger partial charge in [0.05, 0.1) is 5.25 Å². The van der Waals surface area contributed by atoms with Gasteiger partial charge in [0.15, 0.2) is 0 Å². The molecule has 1 atom stereocenters. The van der Waals surface area contributed by atoms with Crippen molar-refractivity contribution in [2.24, 2.45) is 0 Å². The molecule has 0 spiro atoms.